The average Bonchev–Trinajstić information content (AvgIpc) is 2.22. The molecule has 0 bridgehead atoms. The molecule has 1 N–H and O–H groups in total. The quantitative estimate of drug-likeness (QED) is 0.703. The molecular weight excluding hydrogens is 196 g/mol. The second-order valence-corrected chi connectivity index (χ2v) is 5.14. The van der Waals surface area contributed by atoms with Crippen molar-refractivity contribution in [2.45, 2.75) is 26.2 Å². The van der Waals surface area contributed by atoms with Gasteiger partial charge < -0.3 is 5.11 Å². The third kappa shape index (κ3) is 1.67. The van der Waals surface area contributed by atoms with Gasteiger partial charge in [-0.1, -0.05) is 45.0 Å². The van der Waals surface area contributed by atoms with E-state index in [4.69, 9.17) is 0 Å². The van der Waals surface area contributed by atoms with Gasteiger partial charge >= 0.3 is 0 Å². The van der Waals surface area contributed by atoms with Crippen LogP contribution in [0.15, 0.2) is 24.3 Å². The minimum atomic E-state index is -0.0889. The smallest absolute Gasteiger partial charge is 0.127 e. The van der Waals surface area contributed by atoms with Crippen molar-refractivity contribution in [3.05, 3.63) is 48.4 Å². The summed E-state index contributed by atoms with van der Waals surface area (Å²) in [6.45, 7) is 10.3. The third-order valence-electron chi connectivity index (χ3n) is 2.82. The van der Waals surface area contributed by atoms with E-state index in [1.54, 1.807) is 0 Å². The summed E-state index contributed by atoms with van der Waals surface area (Å²) in [6.07, 6.45) is 0. The normalized spacial score (nSPS) is 12.0. The van der Waals surface area contributed by atoms with Gasteiger partial charge in [-0.3, -0.25) is 0 Å². The highest BCUT2D eigenvalue weighted by molar-refractivity contribution is 5.92. The van der Waals surface area contributed by atoms with E-state index in [1.807, 2.05) is 24.3 Å². The van der Waals surface area contributed by atoms with Gasteiger partial charge in [-0.15, -0.1) is 0 Å². The van der Waals surface area contributed by atoms with Gasteiger partial charge in [-0.05, 0) is 29.4 Å². The van der Waals surface area contributed by atoms with Crippen LogP contribution in [0.1, 0.15) is 31.9 Å². The standard InChI is InChI=1S/C15H16O/c1-10-9-13(15(2,3)4)14(16)12-8-6-5-7-11(10)12/h5-7,9,16H,1H2,2-4H3. The van der Waals surface area contributed by atoms with E-state index in [9.17, 15) is 5.11 Å². The van der Waals surface area contributed by atoms with E-state index in [-0.39, 0.29) is 5.41 Å². The maximum absolute atomic E-state index is 10.3. The van der Waals surface area contributed by atoms with Crippen molar-refractivity contribution < 1.29 is 5.11 Å². The summed E-state index contributed by atoms with van der Waals surface area (Å²) in [5.74, 6) is 0.329. The Kier molecular flexibility index (Phi) is 2.42. The molecule has 0 spiro atoms. The summed E-state index contributed by atoms with van der Waals surface area (Å²) in [4.78, 5) is 0. The number of hydrogen-bond acceptors (Lipinski definition) is 1. The zero-order valence-electron chi connectivity index (χ0n) is 9.96. The number of aromatic hydroxyl groups is 1. The first-order valence-corrected chi connectivity index (χ1v) is 5.40. The lowest BCUT2D eigenvalue weighted by molar-refractivity contribution is 0.452. The fraction of sp³-hybridized carbons (Fsp3) is 0.267. The van der Waals surface area contributed by atoms with Gasteiger partial charge in [-0.25, -0.2) is 0 Å². The largest absolute Gasteiger partial charge is 0.507 e. The molecule has 0 saturated heterocycles. The van der Waals surface area contributed by atoms with Crippen LogP contribution in [0, 0.1) is 13.0 Å². The van der Waals surface area contributed by atoms with E-state index in [0.29, 0.717) is 5.75 Å². The molecule has 1 heteroatoms. The summed E-state index contributed by atoms with van der Waals surface area (Å²) in [7, 11) is 0. The van der Waals surface area contributed by atoms with Crippen LogP contribution in [-0.4, -0.2) is 5.11 Å². The van der Waals surface area contributed by atoms with Crippen molar-refractivity contribution in [2.24, 2.45) is 0 Å². The highest BCUT2D eigenvalue weighted by Gasteiger charge is 2.20. The van der Waals surface area contributed by atoms with Crippen LogP contribution in [0.5, 0.6) is 5.75 Å². The van der Waals surface area contributed by atoms with Crippen LogP contribution >= 0.6 is 0 Å². The number of fused-ring (bicyclic) bond motifs is 1. The molecule has 0 aliphatic rings. The molecule has 0 amide bonds. The Morgan fingerprint density at radius 1 is 1.31 bits per heavy atom. The molecule has 0 aliphatic carbocycles. The van der Waals surface area contributed by atoms with Crippen LogP contribution in [0.25, 0.3) is 10.8 Å². The fourth-order valence-electron chi connectivity index (χ4n) is 1.93. The summed E-state index contributed by atoms with van der Waals surface area (Å²) < 4.78 is 0. The summed E-state index contributed by atoms with van der Waals surface area (Å²) in [5.41, 5.74) is 1.77. The number of hydrogen-bond donors (Lipinski definition) is 1. The molecule has 0 fully saturated rings. The summed E-state index contributed by atoms with van der Waals surface area (Å²) >= 11 is 0. The lowest BCUT2D eigenvalue weighted by atomic mass is 9.83. The molecule has 0 saturated carbocycles. The summed E-state index contributed by atoms with van der Waals surface area (Å²) in [6, 6.07) is 10.7. The van der Waals surface area contributed by atoms with Gasteiger partial charge in [0.25, 0.3) is 0 Å². The van der Waals surface area contributed by atoms with Crippen molar-refractivity contribution in [1.82, 2.24) is 0 Å². The Morgan fingerprint density at radius 2 is 2.00 bits per heavy atom. The lowest BCUT2D eigenvalue weighted by Gasteiger charge is -2.22. The van der Waals surface area contributed by atoms with Gasteiger partial charge in [0, 0.05) is 10.9 Å². The van der Waals surface area contributed by atoms with Crippen LogP contribution in [0.3, 0.4) is 0 Å². The van der Waals surface area contributed by atoms with Crippen LogP contribution < -0.4 is 0 Å². The molecule has 82 valence electrons. The van der Waals surface area contributed by atoms with Crippen LogP contribution in [0.4, 0.5) is 0 Å². The van der Waals surface area contributed by atoms with Crippen LogP contribution in [-0.2, 0) is 5.41 Å². The Hall–Kier alpha value is -1.50. The van der Waals surface area contributed by atoms with Gasteiger partial charge in [0.15, 0.2) is 0 Å². The van der Waals surface area contributed by atoms with Gasteiger partial charge in [0.05, 0.1) is 0 Å². The van der Waals surface area contributed by atoms with Crippen molar-refractivity contribution >= 4 is 10.8 Å². The van der Waals surface area contributed by atoms with E-state index < -0.39 is 0 Å². The van der Waals surface area contributed by atoms with Gasteiger partial charge in [0.2, 0.25) is 0 Å². The zero-order chi connectivity index (χ0) is 11.9. The maximum atomic E-state index is 10.3. The van der Waals surface area contributed by atoms with E-state index >= 15 is 0 Å². The van der Waals surface area contributed by atoms with Crippen molar-refractivity contribution in [1.29, 1.82) is 0 Å². The molecule has 0 aromatic heterocycles. The average molecular weight is 212 g/mol. The first kappa shape index (κ1) is 11.0. The molecule has 16 heavy (non-hydrogen) atoms. The number of benzene rings is 2. The first-order chi connectivity index (χ1) is 7.41. The molecule has 0 heterocycles. The predicted octanol–water partition coefficient (Wildman–Crippen LogP) is 3.83. The summed E-state index contributed by atoms with van der Waals surface area (Å²) in [5, 5.41) is 12.0. The zero-order valence-corrected chi connectivity index (χ0v) is 9.96. The highest BCUT2D eigenvalue weighted by atomic mass is 16.3. The number of phenols is 1. The Balaban J connectivity index is 2.86. The Labute approximate surface area is 96.7 Å². The third-order valence-corrected chi connectivity index (χ3v) is 2.82. The second-order valence-electron chi connectivity index (χ2n) is 5.14. The van der Waals surface area contributed by atoms with E-state index in [0.717, 1.165) is 21.9 Å². The van der Waals surface area contributed by atoms with Gasteiger partial charge in [0.1, 0.15) is 5.75 Å². The molecule has 2 aromatic carbocycles. The van der Waals surface area contributed by atoms with E-state index in [1.165, 1.54) is 0 Å². The highest BCUT2D eigenvalue weighted by Crippen LogP contribution is 2.37. The fourth-order valence-corrected chi connectivity index (χ4v) is 1.93. The van der Waals surface area contributed by atoms with Crippen LogP contribution in [0.2, 0.25) is 0 Å². The Morgan fingerprint density at radius 3 is 2.62 bits per heavy atom. The monoisotopic (exact) mass is 212 g/mol. The van der Waals surface area contributed by atoms with Crippen molar-refractivity contribution in [3.8, 4) is 5.75 Å². The molecule has 2 rings (SSSR count). The Bertz CT molecular complexity index is 533. The van der Waals surface area contributed by atoms with Crippen molar-refractivity contribution in [3.63, 3.8) is 0 Å². The first-order valence-electron chi connectivity index (χ1n) is 5.40. The molecule has 2 radical (unpaired) electrons. The lowest BCUT2D eigenvalue weighted by Crippen LogP contribution is -2.11. The molecule has 2 aromatic rings. The van der Waals surface area contributed by atoms with E-state index in [2.05, 4.69) is 33.8 Å². The number of phenolic OH excluding ortho intramolecular Hbond substituents is 1. The van der Waals surface area contributed by atoms with Crippen molar-refractivity contribution in [2.75, 3.05) is 0 Å². The second kappa shape index (κ2) is 3.51. The molecule has 0 unspecified atom stereocenters. The predicted molar refractivity (Wildman–Crippen MR) is 67.6 cm³/mol. The minimum Gasteiger partial charge on any atom is -0.507 e. The number of rotatable bonds is 0. The molecule has 1 nitrogen and oxygen atoms in total. The maximum Gasteiger partial charge on any atom is 0.127 e. The topological polar surface area (TPSA) is 20.2 Å². The molecule has 0 atom stereocenters. The van der Waals surface area contributed by atoms with Gasteiger partial charge in [-0.2, -0.15) is 0 Å². The molecular formula is C15H16O. The SMILES string of the molecule is [CH2]c1cc(C(C)(C)C)c(O)c2[c]cccc12. The minimum absolute atomic E-state index is 0.0889. The molecule has 0 aliphatic heterocycles.